The first-order valence-corrected chi connectivity index (χ1v) is 7.55. The second-order valence-electron chi connectivity index (χ2n) is 4.39. The van der Waals surface area contributed by atoms with Gasteiger partial charge in [-0.15, -0.1) is 0 Å². The Labute approximate surface area is 102 Å². The van der Waals surface area contributed by atoms with E-state index in [2.05, 4.69) is 0 Å². The van der Waals surface area contributed by atoms with Crippen molar-refractivity contribution in [3.63, 3.8) is 0 Å². The maximum Gasteiger partial charge on any atom is 0.220 e. The standard InChI is InChI=1S/C10H21N3O3S/c11-5-1-2-8-17(15,16)13-6-3-9(4-7-13)10(12)14/h9H,1-8,11H2,(H2,12,14). The van der Waals surface area contributed by atoms with E-state index in [4.69, 9.17) is 11.5 Å². The third-order valence-electron chi connectivity index (χ3n) is 3.11. The number of nitrogens with zero attached hydrogens (tertiary/aromatic N) is 1. The Morgan fingerprint density at radius 2 is 1.82 bits per heavy atom. The van der Waals surface area contributed by atoms with Gasteiger partial charge >= 0.3 is 0 Å². The van der Waals surface area contributed by atoms with E-state index in [1.165, 1.54) is 4.31 Å². The summed E-state index contributed by atoms with van der Waals surface area (Å²) in [7, 11) is -3.18. The fourth-order valence-corrected chi connectivity index (χ4v) is 3.57. The van der Waals surface area contributed by atoms with Gasteiger partial charge in [0.2, 0.25) is 15.9 Å². The van der Waals surface area contributed by atoms with Crippen LogP contribution in [0.1, 0.15) is 25.7 Å². The van der Waals surface area contributed by atoms with E-state index < -0.39 is 10.0 Å². The van der Waals surface area contributed by atoms with Crippen LogP contribution in [0.3, 0.4) is 0 Å². The number of hydrogen-bond acceptors (Lipinski definition) is 4. The maximum absolute atomic E-state index is 11.9. The summed E-state index contributed by atoms with van der Waals surface area (Å²) in [6, 6.07) is 0. The second-order valence-corrected chi connectivity index (χ2v) is 6.48. The van der Waals surface area contributed by atoms with Crippen LogP contribution in [0, 0.1) is 5.92 Å². The lowest BCUT2D eigenvalue weighted by atomic mass is 9.98. The SMILES string of the molecule is NCCCCS(=O)(=O)N1CCC(C(N)=O)CC1. The Morgan fingerprint density at radius 3 is 2.29 bits per heavy atom. The van der Waals surface area contributed by atoms with Crippen LogP contribution in [-0.4, -0.2) is 44.0 Å². The van der Waals surface area contributed by atoms with E-state index in [-0.39, 0.29) is 17.6 Å². The van der Waals surface area contributed by atoms with E-state index in [9.17, 15) is 13.2 Å². The zero-order valence-electron chi connectivity index (χ0n) is 9.97. The van der Waals surface area contributed by atoms with Crippen molar-refractivity contribution in [3.8, 4) is 0 Å². The summed E-state index contributed by atoms with van der Waals surface area (Å²) in [5.74, 6) is -0.360. The van der Waals surface area contributed by atoms with Crippen LogP contribution in [0.15, 0.2) is 0 Å². The molecule has 0 saturated carbocycles. The van der Waals surface area contributed by atoms with Crippen molar-refractivity contribution in [3.05, 3.63) is 0 Å². The molecule has 1 aliphatic heterocycles. The van der Waals surface area contributed by atoms with Crippen LogP contribution in [0.4, 0.5) is 0 Å². The highest BCUT2D eigenvalue weighted by Gasteiger charge is 2.29. The van der Waals surface area contributed by atoms with Gasteiger partial charge in [-0.1, -0.05) is 0 Å². The van der Waals surface area contributed by atoms with Gasteiger partial charge in [-0.05, 0) is 32.2 Å². The Hall–Kier alpha value is -0.660. The van der Waals surface area contributed by atoms with Gasteiger partial charge in [-0.2, -0.15) is 0 Å². The van der Waals surface area contributed by atoms with E-state index >= 15 is 0 Å². The van der Waals surface area contributed by atoms with Gasteiger partial charge < -0.3 is 11.5 Å². The molecule has 0 spiro atoms. The van der Waals surface area contributed by atoms with E-state index in [1.807, 2.05) is 0 Å². The largest absolute Gasteiger partial charge is 0.369 e. The predicted molar refractivity (Wildman–Crippen MR) is 65.6 cm³/mol. The van der Waals surface area contributed by atoms with Crippen molar-refractivity contribution >= 4 is 15.9 Å². The van der Waals surface area contributed by atoms with Crippen LogP contribution >= 0.6 is 0 Å². The Kier molecular flexibility index (Phi) is 5.35. The Morgan fingerprint density at radius 1 is 1.24 bits per heavy atom. The van der Waals surface area contributed by atoms with Crippen molar-refractivity contribution in [2.75, 3.05) is 25.4 Å². The zero-order chi connectivity index (χ0) is 12.9. The second kappa shape index (κ2) is 6.32. The number of piperidine rings is 1. The Balaban J connectivity index is 2.44. The average molecular weight is 263 g/mol. The number of amides is 1. The van der Waals surface area contributed by atoms with Crippen molar-refractivity contribution < 1.29 is 13.2 Å². The fourth-order valence-electron chi connectivity index (χ4n) is 1.98. The van der Waals surface area contributed by atoms with Gasteiger partial charge in [-0.3, -0.25) is 4.79 Å². The Bertz CT molecular complexity index is 348. The topological polar surface area (TPSA) is 106 Å². The predicted octanol–water partition coefficient (Wildman–Crippen LogP) is -0.748. The third-order valence-corrected chi connectivity index (χ3v) is 5.06. The van der Waals surface area contributed by atoms with Crippen LogP contribution < -0.4 is 11.5 Å². The molecule has 1 fully saturated rings. The molecular weight excluding hydrogens is 242 g/mol. The molecule has 0 aromatic heterocycles. The molecule has 17 heavy (non-hydrogen) atoms. The van der Waals surface area contributed by atoms with Crippen molar-refractivity contribution in [2.45, 2.75) is 25.7 Å². The quantitative estimate of drug-likeness (QED) is 0.615. The molecule has 4 N–H and O–H groups in total. The molecule has 1 rings (SSSR count). The van der Waals surface area contributed by atoms with Crippen LogP contribution in [0.25, 0.3) is 0 Å². The normalized spacial score (nSPS) is 19.4. The molecule has 0 radical (unpaired) electrons. The number of sulfonamides is 1. The minimum Gasteiger partial charge on any atom is -0.369 e. The van der Waals surface area contributed by atoms with E-state index in [0.717, 1.165) is 6.42 Å². The lowest BCUT2D eigenvalue weighted by Crippen LogP contribution is -2.42. The summed E-state index contributed by atoms with van der Waals surface area (Å²) < 4.78 is 25.3. The minimum absolute atomic E-state index is 0.144. The fraction of sp³-hybridized carbons (Fsp3) is 0.900. The van der Waals surface area contributed by atoms with Gasteiger partial charge in [0, 0.05) is 19.0 Å². The molecule has 0 bridgehead atoms. The summed E-state index contributed by atoms with van der Waals surface area (Å²) >= 11 is 0. The number of primary amides is 1. The molecule has 6 nitrogen and oxygen atoms in total. The highest BCUT2D eigenvalue weighted by molar-refractivity contribution is 7.89. The van der Waals surface area contributed by atoms with Crippen molar-refractivity contribution in [1.82, 2.24) is 4.31 Å². The molecule has 0 aromatic rings. The molecule has 100 valence electrons. The van der Waals surface area contributed by atoms with E-state index in [0.29, 0.717) is 38.9 Å². The highest BCUT2D eigenvalue weighted by Crippen LogP contribution is 2.19. The first-order chi connectivity index (χ1) is 7.97. The summed E-state index contributed by atoms with van der Waals surface area (Å²) in [6.45, 7) is 1.32. The monoisotopic (exact) mass is 263 g/mol. The molecule has 1 aliphatic rings. The lowest BCUT2D eigenvalue weighted by molar-refractivity contribution is -0.122. The first kappa shape index (κ1) is 14.4. The number of unbranched alkanes of at least 4 members (excludes halogenated alkanes) is 1. The summed E-state index contributed by atoms with van der Waals surface area (Å²) in [5, 5.41) is 0. The zero-order valence-corrected chi connectivity index (χ0v) is 10.8. The third kappa shape index (κ3) is 4.25. The molecule has 1 saturated heterocycles. The molecule has 1 heterocycles. The molecule has 0 atom stereocenters. The summed E-state index contributed by atoms with van der Waals surface area (Å²) in [4.78, 5) is 11.0. The smallest absolute Gasteiger partial charge is 0.220 e. The highest BCUT2D eigenvalue weighted by atomic mass is 32.2. The molecule has 0 aliphatic carbocycles. The maximum atomic E-state index is 11.9. The lowest BCUT2D eigenvalue weighted by Gasteiger charge is -2.29. The molecule has 1 amide bonds. The summed E-state index contributed by atoms with van der Waals surface area (Å²) in [6.07, 6.45) is 2.38. The van der Waals surface area contributed by atoms with Gasteiger partial charge in [0.15, 0.2) is 0 Å². The minimum atomic E-state index is -3.18. The molecular formula is C10H21N3O3S. The molecule has 0 unspecified atom stereocenters. The van der Waals surface area contributed by atoms with Crippen LogP contribution in [0.5, 0.6) is 0 Å². The number of hydrogen-bond donors (Lipinski definition) is 2. The van der Waals surface area contributed by atoms with Gasteiger partial charge in [0.05, 0.1) is 5.75 Å². The number of rotatable bonds is 6. The number of carbonyl (C=O) groups is 1. The van der Waals surface area contributed by atoms with Crippen molar-refractivity contribution in [1.29, 1.82) is 0 Å². The van der Waals surface area contributed by atoms with Gasteiger partial charge in [-0.25, -0.2) is 12.7 Å². The van der Waals surface area contributed by atoms with Crippen LogP contribution in [0.2, 0.25) is 0 Å². The average Bonchev–Trinajstić information content (AvgIpc) is 2.29. The van der Waals surface area contributed by atoms with E-state index in [1.54, 1.807) is 0 Å². The van der Waals surface area contributed by atoms with Gasteiger partial charge in [0.1, 0.15) is 0 Å². The number of nitrogens with two attached hydrogens (primary N) is 2. The first-order valence-electron chi connectivity index (χ1n) is 5.94. The van der Waals surface area contributed by atoms with Crippen molar-refractivity contribution in [2.24, 2.45) is 17.4 Å². The molecule has 7 heteroatoms. The van der Waals surface area contributed by atoms with Crippen LogP contribution in [-0.2, 0) is 14.8 Å². The number of carbonyl (C=O) groups excluding carboxylic acids is 1. The summed E-state index contributed by atoms with van der Waals surface area (Å²) in [5.41, 5.74) is 10.5. The molecule has 0 aromatic carbocycles. The van der Waals surface area contributed by atoms with Gasteiger partial charge in [0.25, 0.3) is 0 Å².